The summed E-state index contributed by atoms with van der Waals surface area (Å²) in [6, 6.07) is 13.4. The fourth-order valence-electron chi connectivity index (χ4n) is 2.91. The van der Waals surface area contributed by atoms with E-state index in [1.807, 2.05) is 26.0 Å². The van der Waals surface area contributed by atoms with Crippen LogP contribution in [-0.4, -0.2) is 21.6 Å². The molecule has 0 bridgehead atoms. The van der Waals surface area contributed by atoms with Gasteiger partial charge in [0.1, 0.15) is 6.04 Å². The van der Waals surface area contributed by atoms with E-state index in [0.717, 1.165) is 15.9 Å². The van der Waals surface area contributed by atoms with Crippen molar-refractivity contribution in [2.45, 2.75) is 26.8 Å². The molecule has 29 heavy (non-hydrogen) atoms. The van der Waals surface area contributed by atoms with Crippen LogP contribution < -0.4 is 10.6 Å². The van der Waals surface area contributed by atoms with Gasteiger partial charge in [-0.1, -0.05) is 33.6 Å². The van der Waals surface area contributed by atoms with E-state index in [0.29, 0.717) is 22.0 Å². The molecule has 2 amide bonds. The summed E-state index contributed by atoms with van der Waals surface area (Å²) in [7, 11) is 0. The number of aromatic nitrogens is 2. The average Bonchev–Trinajstić information content (AvgIpc) is 3.01. The van der Waals surface area contributed by atoms with Crippen molar-refractivity contribution in [1.82, 2.24) is 9.78 Å². The zero-order chi connectivity index (χ0) is 21.1. The lowest BCUT2D eigenvalue weighted by molar-refractivity contribution is -0.119. The van der Waals surface area contributed by atoms with Gasteiger partial charge < -0.3 is 10.6 Å². The molecule has 3 rings (SSSR count). The Kier molecular flexibility index (Phi) is 6.39. The molecule has 1 atom stereocenters. The van der Waals surface area contributed by atoms with Gasteiger partial charge in [-0.2, -0.15) is 5.10 Å². The summed E-state index contributed by atoms with van der Waals surface area (Å²) in [5, 5.41) is 10.3. The molecule has 0 saturated carbocycles. The Morgan fingerprint density at radius 3 is 2.48 bits per heavy atom. The van der Waals surface area contributed by atoms with Crippen LogP contribution in [0.25, 0.3) is 0 Å². The van der Waals surface area contributed by atoms with E-state index >= 15 is 0 Å². The van der Waals surface area contributed by atoms with E-state index < -0.39 is 6.04 Å². The highest BCUT2D eigenvalue weighted by atomic mass is 79.9. The van der Waals surface area contributed by atoms with Gasteiger partial charge in [0.2, 0.25) is 5.91 Å². The Bertz CT molecular complexity index is 1080. The maximum atomic E-state index is 12.6. The van der Waals surface area contributed by atoms with Crippen LogP contribution in [0, 0.1) is 13.8 Å². The Morgan fingerprint density at radius 2 is 1.86 bits per heavy atom. The maximum absolute atomic E-state index is 12.6. The Labute approximate surface area is 182 Å². The number of carbonyl (C=O) groups excluding carboxylic acids is 2. The minimum Gasteiger partial charge on any atom is -0.323 e. The van der Waals surface area contributed by atoms with Gasteiger partial charge in [0, 0.05) is 21.4 Å². The second kappa shape index (κ2) is 8.80. The Hall–Kier alpha value is -2.64. The smallest absolute Gasteiger partial charge is 0.255 e. The lowest BCUT2D eigenvalue weighted by Crippen LogP contribution is -2.25. The molecule has 1 aromatic heterocycles. The van der Waals surface area contributed by atoms with Crippen LogP contribution in [0.5, 0.6) is 0 Å². The van der Waals surface area contributed by atoms with Crippen LogP contribution in [-0.2, 0) is 4.79 Å². The highest BCUT2D eigenvalue weighted by Gasteiger charge is 2.19. The van der Waals surface area contributed by atoms with Gasteiger partial charge in [-0.05, 0) is 63.2 Å². The van der Waals surface area contributed by atoms with Gasteiger partial charge in [-0.3, -0.25) is 14.3 Å². The van der Waals surface area contributed by atoms with E-state index in [1.54, 1.807) is 48.0 Å². The molecule has 2 N–H and O–H groups in total. The number of carbonyl (C=O) groups is 2. The van der Waals surface area contributed by atoms with Crippen molar-refractivity contribution >= 4 is 50.7 Å². The standard InChI is InChI=1S/C21H20BrClN4O2/c1-12-9-13(2)27(26-12)14(3)20(28)25-19-8-7-17(11-18(19)23)24-21(29)15-5-4-6-16(22)10-15/h4-11,14H,1-3H3,(H,24,29)(H,25,28)/t14-/m0/s1. The second-order valence-electron chi connectivity index (χ2n) is 6.70. The van der Waals surface area contributed by atoms with Gasteiger partial charge in [0.25, 0.3) is 5.91 Å². The highest BCUT2D eigenvalue weighted by molar-refractivity contribution is 9.10. The summed E-state index contributed by atoms with van der Waals surface area (Å²) >= 11 is 9.66. The Balaban J connectivity index is 1.70. The number of hydrogen-bond acceptors (Lipinski definition) is 3. The fourth-order valence-corrected chi connectivity index (χ4v) is 3.54. The summed E-state index contributed by atoms with van der Waals surface area (Å²) in [5.41, 5.74) is 3.27. The third-order valence-electron chi connectivity index (χ3n) is 4.36. The van der Waals surface area contributed by atoms with Gasteiger partial charge >= 0.3 is 0 Å². The van der Waals surface area contributed by atoms with Crippen LogP contribution in [0.2, 0.25) is 5.02 Å². The van der Waals surface area contributed by atoms with Crippen LogP contribution >= 0.6 is 27.5 Å². The van der Waals surface area contributed by atoms with E-state index in [9.17, 15) is 9.59 Å². The van der Waals surface area contributed by atoms with Gasteiger partial charge in [0.15, 0.2) is 0 Å². The molecule has 0 radical (unpaired) electrons. The van der Waals surface area contributed by atoms with Crippen molar-refractivity contribution in [3.8, 4) is 0 Å². The largest absolute Gasteiger partial charge is 0.323 e. The number of hydrogen-bond donors (Lipinski definition) is 2. The molecule has 0 aliphatic carbocycles. The maximum Gasteiger partial charge on any atom is 0.255 e. The molecule has 8 heteroatoms. The molecule has 2 aromatic carbocycles. The van der Waals surface area contributed by atoms with Crippen LogP contribution in [0.15, 0.2) is 53.0 Å². The number of halogens is 2. The molecule has 0 saturated heterocycles. The molecular weight excluding hydrogens is 456 g/mol. The average molecular weight is 476 g/mol. The molecule has 0 fully saturated rings. The lowest BCUT2D eigenvalue weighted by Gasteiger charge is -2.16. The van der Waals surface area contributed by atoms with Gasteiger partial charge in [0.05, 0.1) is 16.4 Å². The summed E-state index contributed by atoms with van der Waals surface area (Å²) in [6.07, 6.45) is 0. The molecule has 3 aromatic rings. The first kappa shape index (κ1) is 21.1. The number of amides is 2. The number of rotatable bonds is 5. The van der Waals surface area contributed by atoms with Crippen LogP contribution in [0.3, 0.4) is 0 Å². The molecule has 6 nitrogen and oxygen atoms in total. The summed E-state index contributed by atoms with van der Waals surface area (Å²) < 4.78 is 2.49. The van der Waals surface area contributed by atoms with Crippen molar-refractivity contribution in [3.05, 3.63) is 75.0 Å². The zero-order valence-corrected chi connectivity index (χ0v) is 18.5. The number of nitrogens with zero attached hydrogens (tertiary/aromatic N) is 2. The van der Waals surface area contributed by atoms with Crippen LogP contribution in [0.4, 0.5) is 11.4 Å². The normalized spacial score (nSPS) is 11.8. The molecule has 0 spiro atoms. The Morgan fingerprint density at radius 1 is 1.10 bits per heavy atom. The number of aryl methyl sites for hydroxylation is 2. The van der Waals surface area contributed by atoms with Crippen molar-refractivity contribution in [2.75, 3.05) is 10.6 Å². The number of benzene rings is 2. The SMILES string of the molecule is Cc1cc(C)n([C@@H](C)C(=O)Nc2ccc(NC(=O)c3cccc(Br)c3)cc2Cl)n1. The predicted octanol–water partition coefficient (Wildman–Crippen LogP) is 5.37. The highest BCUT2D eigenvalue weighted by Crippen LogP contribution is 2.27. The first-order chi connectivity index (χ1) is 13.7. The molecule has 0 unspecified atom stereocenters. The molecule has 1 heterocycles. The lowest BCUT2D eigenvalue weighted by atomic mass is 10.2. The van der Waals surface area contributed by atoms with Crippen molar-refractivity contribution < 1.29 is 9.59 Å². The van der Waals surface area contributed by atoms with E-state index in [2.05, 4.69) is 31.7 Å². The first-order valence-electron chi connectivity index (χ1n) is 8.94. The molecule has 150 valence electrons. The topological polar surface area (TPSA) is 76.0 Å². The third-order valence-corrected chi connectivity index (χ3v) is 5.17. The minimum atomic E-state index is -0.490. The third kappa shape index (κ3) is 5.05. The zero-order valence-electron chi connectivity index (χ0n) is 16.2. The second-order valence-corrected chi connectivity index (χ2v) is 8.02. The van der Waals surface area contributed by atoms with Crippen LogP contribution in [0.1, 0.15) is 34.7 Å². The van der Waals surface area contributed by atoms with E-state index in [-0.39, 0.29) is 11.8 Å². The van der Waals surface area contributed by atoms with Crippen molar-refractivity contribution in [1.29, 1.82) is 0 Å². The van der Waals surface area contributed by atoms with E-state index in [1.165, 1.54) is 0 Å². The van der Waals surface area contributed by atoms with Crippen molar-refractivity contribution in [2.24, 2.45) is 0 Å². The number of anilines is 2. The van der Waals surface area contributed by atoms with Crippen molar-refractivity contribution in [3.63, 3.8) is 0 Å². The fraction of sp³-hybridized carbons (Fsp3) is 0.190. The predicted molar refractivity (Wildman–Crippen MR) is 119 cm³/mol. The van der Waals surface area contributed by atoms with E-state index in [4.69, 9.17) is 11.6 Å². The monoisotopic (exact) mass is 474 g/mol. The molecule has 0 aliphatic heterocycles. The molecular formula is C21H20BrClN4O2. The first-order valence-corrected chi connectivity index (χ1v) is 10.1. The minimum absolute atomic E-state index is 0.232. The quantitative estimate of drug-likeness (QED) is 0.521. The summed E-state index contributed by atoms with van der Waals surface area (Å²) in [4.78, 5) is 25.0. The number of nitrogens with one attached hydrogen (secondary N) is 2. The van der Waals surface area contributed by atoms with Gasteiger partial charge in [-0.15, -0.1) is 0 Å². The summed E-state index contributed by atoms with van der Waals surface area (Å²) in [5.74, 6) is -0.485. The summed E-state index contributed by atoms with van der Waals surface area (Å²) in [6.45, 7) is 5.56. The molecule has 0 aliphatic rings. The van der Waals surface area contributed by atoms with Gasteiger partial charge in [-0.25, -0.2) is 0 Å².